The van der Waals surface area contributed by atoms with Gasteiger partial charge in [-0.1, -0.05) is 13.8 Å². The molecule has 0 aromatic rings. The van der Waals surface area contributed by atoms with Crippen LogP contribution in [-0.4, -0.2) is 38.3 Å². The Kier molecular flexibility index (Phi) is 6.46. The van der Waals surface area contributed by atoms with Crippen LogP contribution in [0.1, 0.15) is 26.7 Å². The zero-order valence-corrected chi connectivity index (χ0v) is 10.0. The maximum atomic E-state index is 11.6. The zero-order chi connectivity index (χ0) is 11.9. The summed E-state index contributed by atoms with van der Waals surface area (Å²) in [5.74, 6) is -0.688. The minimum atomic E-state index is -3.56. The second-order valence-corrected chi connectivity index (χ2v) is 4.95. The molecule has 3 N–H and O–H groups in total. The van der Waals surface area contributed by atoms with Crippen LogP contribution in [0.2, 0.25) is 0 Å². The van der Waals surface area contributed by atoms with Crippen molar-refractivity contribution in [1.29, 1.82) is 0 Å². The molecular weight excluding hydrogens is 218 g/mol. The maximum Gasteiger partial charge on any atom is 0.279 e. The summed E-state index contributed by atoms with van der Waals surface area (Å²) < 4.78 is 26.7. The molecule has 90 valence electrons. The van der Waals surface area contributed by atoms with E-state index in [0.29, 0.717) is 13.1 Å². The number of nitrogens with one attached hydrogen (secondary N) is 1. The van der Waals surface area contributed by atoms with Gasteiger partial charge in [-0.15, -0.1) is 0 Å². The molecule has 0 saturated carbocycles. The topological polar surface area (TPSA) is 92.5 Å². The molecule has 0 unspecified atom stereocenters. The first kappa shape index (κ1) is 14.3. The Labute approximate surface area is 91.0 Å². The van der Waals surface area contributed by atoms with E-state index < -0.39 is 16.1 Å². The highest BCUT2D eigenvalue weighted by molar-refractivity contribution is 7.87. The minimum absolute atomic E-state index is 0.355. The van der Waals surface area contributed by atoms with Gasteiger partial charge < -0.3 is 5.73 Å². The number of carbonyl (C=O) groups is 1. The van der Waals surface area contributed by atoms with Gasteiger partial charge in [0.15, 0.2) is 0 Å². The van der Waals surface area contributed by atoms with E-state index in [2.05, 4.69) is 4.72 Å². The van der Waals surface area contributed by atoms with Gasteiger partial charge in [-0.2, -0.15) is 17.4 Å². The van der Waals surface area contributed by atoms with E-state index in [-0.39, 0.29) is 6.54 Å². The van der Waals surface area contributed by atoms with Gasteiger partial charge >= 0.3 is 0 Å². The molecule has 1 amide bonds. The molecular formula is C8H19N3O3S. The van der Waals surface area contributed by atoms with Crippen LogP contribution in [0.15, 0.2) is 0 Å². The molecule has 0 aliphatic heterocycles. The lowest BCUT2D eigenvalue weighted by atomic mass is 10.4. The summed E-state index contributed by atoms with van der Waals surface area (Å²) in [6, 6.07) is 0. The van der Waals surface area contributed by atoms with E-state index in [0.717, 1.165) is 12.8 Å². The van der Waals surface area contributed by atoms with Crippen molar-refractivity contribution in [2.24, 2.45) is 5.73 Å². The van der Waals surface area contributed by atoms with Gasteiger partial charge in [-0.05, 0) is 12.8 Å². The van der Waals surface area contributed by atoms with Crippen molar-refractivity contribution in [2.75, 3.05) is 19.6 Å². The predicted octanol–water partition coefficient (Wildman–Crippen LogP) is -0.572. The number of nitrogens with zero attached hydrogens (tertiary/aromatic N) is 1. The lowest BCUT2D eigenvalue weighted by Crippen LogP contribution is -2.44. The number of nitrogens with two attached hydrogens (primary N) is 1. The predicted molar refractivity (Wildman–Crippen MR) is 58.3 cm³/mol. The van der Waals surface area contributed by atoms with Crippen molar-refractivity contribution in [3.63, 3.8) is 0 Å². The molecule has 0 radical (unpaired) electrons. The summed E-state index contributed by atoms with van der Waals surface area (Å²) in [6.07, 6.45) is 1.47. The van der Waals surface area contributed by atoms with Crippen molar-refractivity contribution in [3.8, 4) is 0 Å². The van der Waals surface area contributed by atoms with E-state index >= 15 is 0 Å². The van der Waals surface area contributed by atoms with E-state index in [1.54, 1.807) is 0 Å². The fourth-order valence-corrected chi connectivity index (χ4v) is 2.46. The summed E-state index contributed by atoms with van der Waals surface area (Å²) in [7, 11) is -3.56. The Morgan fingerprint density at radius 2 is 1.73 bits per heavy atom. The number of hydrogen-bond acceptors (Lipinski definition) is 3. The summed E-state index contributed by atoms with van der Waals surface area (Å²) in [4.78, 5) is 10.5. The molecule has 0 aliphatic rings. The molecule has 6 nitrogen and oxygen atoms in total. The first-order chi connectivity index (χ1) is 6.94. The molecule has 0 aliphatic carbocycles. The monoisotopic (exact) mass is 237 g/mol. The van der Waals surface area contributed by atoms with Crippen molar-refractivity contribution in [1.82, 2.24) is 9.03 Å². The average molecular weight is 237 g/mol. The average Bonchev–Trinajstić information content (AvgIpc) is 2.15. The van der Waals surface area contributed by atoms with Crippen LogP contribution in [0.25, 0.3) is 0 Å². The van der Waals surface area contributed by atoms with Gasteiger partial charge in [-0.25, -0.2) is 0 Å². The van der Waals surface area contributed by atoms with Crippen LogP contribution in [-0.2, 0) is 15.0 Å². The molecule has 0 aromatic heterocycles. The summed E-state index contributed by atoms with van der Waals surface area (Å²) in [6.45, 7) is 4.33. The maximum absolute atomic E-state index is 11.6. The van der Waals surface area contributed by atoms with Gasteiger partial charge in [0.25, 0.3) is 10.2 Å². The summed E-state index contributed by atoms with van der Waals surface area (Å²) in [5.41, 5.74) is 4.86. The lowest BCUT2D eigenvalue weighted by molar-refractivity contribution is -0.116. The molecule has 0 bridgehead atoms. The molecule has 0 atom stereocenters. The van der Waals surface area contributed by atoms with Gasteiger partial charge in [0, 0.05) is 13.1 Å². The molecule has 0 spiro atoms. The second kappa shape index (κ2) is 6.76. The smallest absolute Gasteiger partial charge is 0.279 e. The van der Waals surface area contributed by atoms with Gasteiger partial charge in [-0.3, -0.25) is 4.79 Å². The Morgan fingerprint density at radius 1 is 1.27 bits per heavy atom. The molecule has 0 saturated heterocycles. The van der Waals surface area contributed by atoms with Crippen LogP contribution >= 0.6 is 0 Å². The van der Waals surface area contributed by atoms with Crippen LogP contribution in [0.5, 0.6) is 0 Å². The van der Waals surface area contributed by atoms with Crippen LogP contribution in [0, 0.1) is 0 Å². The highest BCUT2D eigenvalue weighted by atomic mass is 32.2. The number of hydrogen-bond donors (Lipinski definition) is 2. The minimum Gasteiger partial charge on any atom is -0.369 e. The van der Waals surface area contributed by atoms with Crippen molar-refractivity contribution in [3.05, 3.63) is 0 Å². The molecule has 7 heteroatoms. The van der Waals surface area contributed by atoms with Gasteiger partial charge in [0.1, 0.15) is 0 Å². The van der Waals surface area contributed by atoms with Crippen LogP contribution < -0.4 is 10.5 Å². The zero-order valence-electron chi connectivity index (χ0n) is 9.19. The third-order valence-corrected chi connectivity index (χ3v) is 3.27. The molecule has 0 fully saturated rings. The Balaban J connectivity index is 4.42. The fraction of sp³-hybridized carbons (Fsp3) is 0.875. The SMILES string of the molecule is CCCN(CCC)S(=O)(=O)NCC(N)=O. The molecule has 0 heterocycles. The van der Waals surface area contributed by atoms with Crippen molar-refractivity contribution in [2.45, 2.75) is 26.7 Å². The Bertz CT molecular complexity index is 284. The second-order valence-electron chi connectivity index (χ2n) is 3.19. The first-order valence-corrected chi connectivity index (χ1v) is 6.41. The van der Waals surface area contributed by atoms with E-state index in [9.17, 15) is 13.2 Å². The molecule has 0 rings (SSSR count). The highest BCUT2D eigenvalue weighted by Crippen LogP contribution is 2.00. The van der Waals surface area contributed by atoms with Crippen molar-refractivity contribution >= 4 is 16.1 Å². The van der Waals surface area contributed by atoms with Crippen molar-refractivity contribution < 1.29 is 13.2 Å². The number of amides is 1. The Hall–Kier alpha value is -0.660. The largest absolute Gasteiger partial charge is 0.369 e. The fourth-order valence-electron chi connectivity index (χ4n) is 1.10. The molecule has 0 aromatic carbocycles. The van der Waals surface area contributed by atoms with E-state index in [1.165, 1.54) is 4.31 Å². The lowest BCUT2D eigenvalue weighted by Gasteiger charge is -2.20. The summed E-state index contributed by atoms with van der Waals surface area (Å²) >= 11 is 0. The highest BCUT2D eigenvalue weighted by Gasteiger charge is 2.19. The number of primary amides is 1. The van der Waals surface area contributed by atoms with Gasteiger partial charge in [0.05, 0.1) is 6.54 Å². The van der Waals surface area contributed by atoms with E-state index in [1.807, 2.05) is 13.8 Å². The Morgan fingerprint density at radius 3 is 2.07 bits per heavy atom. The first-order valence-electron chi connectivity index (χ1n) is 4.97. The van der Waals surface area contributed by atoms with Crippen LogP contribution in [0.4, 0.5) is 0 Å². The number of carbonyl (C=O) groups excluding carboxylic acids is 1. The quantitative estimate of drug-likeness (QED) is 0.592. The third kappa shape index (κ3) is 5.71. The third-order valence-electron chi connectivity index (χ3n) is 1.71. The standard InChI is InChI=1S/C8H19N3O3S/c1-3-5-11(6-4-2)15(13,14)10-7-8(9)12/h10H,3-7H2,1-2H3,(H2,9,12). The molecule has 15 heavy (non-hydrogen) atoms. The van der Waals surface area contributed by atoms with Gasteiger partial charge in [0.2, 0.25) is 5.91 Å². The normalized spacial score (nSPS) is 11.9. The summed E-state index contributed by atoms with van der Waals surface area (Å²) in [5, 5.41) is 0. The van der Waals surface area contributed by atoms with E-state index in [4.69, 9.17) is 5.73 Å². The number of rotatable bonds is 8. The van der Waals surface area contributed by atoms with Crippen LogP contribution in [0.3, 0.4) is 0 Å².